The van der Waals surface area contributed by atoms with E-state index in [-0.39, 0.29) is 22.8 Å². The van der Waals surface area contributed by atoms with Gasteiger partial charge in [0.1, 0.15) is 6.04 Å². The first-order chi connectivity index (χ1) is 19.2. The first-order valence-electron chi connectivity index (χ1n) is 13.9. The van der Waals surface area contributed by atoms with Crippen molar-refractivity contribution in [3.8, 4) is 11.3 Å². The molecule has 1 aliphatic carbocycles. The Morgan fingerprint density at radius 2 is 1.73 bits per heavy atom. The maximum atomic E-state index is 13.3. The Kier molecular flexibility index (Phi) is 8.30. The highest BCUT2D eigenvalue weighted by molar-refractivity contribution is 7.89. The van der Waals surface area contributed by atoms with Gasteiger partial charge in [-0.15, -0.1) is 0 Å². The maximum Gasteiger partial charge on any atom is 0.326 e. The minimum absolute atomic E-state index is 0.105. The molecule has 1 atom stereocenters. The molecule has 1 unspecified atom stereocenters. The van der Waals surface area contributed by atoms with E-state index in [1.807, 2.05) is 41.9 Å². The second-order valence-corrected chi connectivity index (χ2v) is 12.7. The second-order valence-electron chi connectivity index (χ2n) is 11.0. The van der Waals surface area contributed by atoms with Crippen LogP contribution in [0, 0.1) is 5.92 Å². The molecule has 5 rings (SSSR count). The summed E-state index contributed by atoms with van der Waals surface area (Å²) in [5, 5.41) is 10.5. The zero-order valence-corrected chi connectivity index (χ0v) is 23.8. The topological polar surface area (TPSA) is 118 Å². The number of aryl methyl sites for hydroxylation is 1. The molecule has 1 aliphatic heterocycles. The smallest absolute Gasteiger partial charge is 0.326 e. The van der Waals surface area contributed by atoms with Gasteiger partial charge in [0.2, 0.25) is 15.9 Å². The summed E-state index contributed by atoms with van der Waals surface area (Å²) in [6, 6.07) is 14.3. The summed E-state index contributed by atoms with van der Waals surface area (Å²) in [4.78, 5) is 26.5. The zero-order chi connectivity index (χ0) is 28.4. The zero-order valence-electron chi connectivity index (χ0n) is 23.0. The number of benzene rings is 2. The van der Waals surface area contributed by atoms with E-state index in [0.717, 1.165) is 40.6 Å². The minimum atomic E-state index is -3.76. The van der Waals surface area contributed by atoms with Gasteiger partial charge in [0.15, 0.2) is 0 Å². The van der Waals surface area contributed by atoms with Gasteiger partial charge >= 0.3 is 5.97 Å². The van der Waals surface area contributed by atoms with Gasteiger partial charge in [-0.05, 0) is 74.3 Å². The third-order valence-corrected chi connectivity index (χ3v) is 9.88. The fourth-order valence-electron chi connectivity index (χ4n) is 6.12. The Balaban J connectivity index is 1.25. The number of hydrogen-bond acceptors (Lipinski definition) is 5. The average Bonchev–Trinajstić information content (AvgIpc) is 3.29. The number of likely N-dealkylation sites (tertiary alicyclic amines) is 1. The molecule has 1 aromatic heterocycles. The van der Waals surface area contributed by atoms with Crippen molar-refractivity contribution in [2.24, 2.45) is 13.0 Å². The molecule has 10 heteroatoms. The van der Waals surface area contributed by atoms with Crippen LogP contribution in [0.15, 0.2) is 53.4 Å². The molecule has 1 saturated carbocycles. The highest BCUT2D eigenvalue weighted by atomic mass is 32.2. The molecule has 3 aromatic rings. The standard InChI is InChI=1S/C30H37N3O6S/c1-32-27(21-8-6-20(7-9-21)19-39-2)17-23-12-15-25(18-28(23)32)40(37,38)31-24-13-10-22(11-14-24)29(34)33-16-4-3-5-26(33)30(35)36/h6-9,12,15,17-18,22,24,26,31H,3-5,10-11,13-14,16,19H2,1-2H3,(H,35,36)/t22-,24-,26?. The molecular weight excluding hydrogens is 530 g/mol. The van der Waals surface area contributed by atoms with Gasteiger partial charge < -0.3 is 19.3 Å². The van der Waals surface area contributed by atoms with Crippen molar-refractivity contribution in [2.45, 2.75) is 68.5 Å². The van der Waals surface area contributed by atoms with Gasteiger partial charge in [-0.25, -0.2) is 17.9 Å². The number of amides is 1. The van der Waals surface area contributed by atoms with Gasteiger partial charge in [0.05, 0.1) is 11.5 Å². The molecule has 0 radical (unpaired) electrons. The van der Waals surface area contributed by atoms with Crippen LogP contribution in [-0.2, 0) is 38.0 Å². The third kappa shape index (κ3) is 5.80. The number of carbonyl (C=O) groups is 2. The molecule has 0 spiro atoms. The molecular formula is C30H37N3O6S. The molecule has 40 heavy (non-hydrogen) atoms. The van der Waals surface area contributed by atoms with Crippen LogP contribution >= 0.6 is 0 Å². The van der Waals surface area contributed by atoms with E-state index in [1.165, 1.54) is 4.90 Å². The largest absolute Gasteiger partial charge is 0.480 e. The predicted molar refractivity (Wildman–Crippen MR) is 152 cm³/mol. The lowest BCUT2D eigenvalue weighted by Gasteiger charge is -2.37. The van der Waals surface area contributed by atoms with Crippen LogP contribution < -0.4 is 4.72 Å². The van der Waals surface area contributed by atoms with Crippen molar-refractivity contribution in [3.05, 3.63) is 54.1 Å². The first-order valence-corrected chi connectivity index (χ1v) is 15.4. The number of rotatable bonds is 8. The Morgan fingerprint density at radius 3 is 2.40 bits per heavy atom. The van der Waals surface area contributed by atoms with Crippen molar-refractivity contribution < 1.29 is 27.9 Å². The quantitative estimate of drug-likeness (QED) is 0.419. The van der Waals surface area contributed by atoms with Crippen molar-refractivity contribution in [3.63, 3.8) is 0 Å². The number of aliphatic carboxylic acids is 1. The normalized spacial score (nSPS) is 21.9. The lowest BCUT2D eigenvalue weighted by Crippen LogP contribution is -2.51. The number of nitrogens with one attached hydrogen (secondary N) is 1. The molecule has 2 aliphatic rings. The fourth-order valence-corrected chi connectivity index (χ4v) is 7.45. The molecule has 9 nitrogen and oxygen atoms in total. The summed E-state index contributed by atoms with van der Waals surface area (Å²) in [7, 11) is -0.168. The SMILES string of the molecule is COCc1ccc(-c2cc3ccc(S(=O)(=O)N[C@H]4CC[C@H](C(=O)N5CCCCC5C(=O)O)CC4)cc3n2C)cc1. The number of carbonyl (C=O) groups excluding carboxylic acids is 1. The molecule has 2 aromatic carbocycles. The van der Waals surface area contributed by atoms with E-state index in [2.05, 4.69) is 10.8 Å². The first kappa shape index (κ1) is 28.3. The van der Waals surface area contributed by atoms with E-state index < -0.39 is 22.0 Å². The number of fused-ring (bicyclic) bond motifs is 1. The number of methoxy groups -OCH3 is 1. The number of carboxylic acids is 1. The lowest BCUT2D eigenvalue weighted by molar-refractivity contribution is -0.154. The average molecular weight is 568 g/mol. The van der Waals surface area contributed by atoms with E-state index in [4.69, 9.17) is 4.74 Å². The number of hydrogen-bond donors (Lipinski definition) is 2. The maximum absolute atomic E-state index is 13.3. The van der Waals surface area contributed by atoms with Crippen molar-refractivity contribution in [1.29, 1.82) is 0 Å². The number of carboxylic acid groups (broad SMARTS) is 1. The molecule has 1 saturated heterocycles. The minimum Gasteiger partial charge on any atom is -0.480 e. The number of piperidine rings is 1. The van der Waals surface area contributed by atoms with Crippen molar-refractivity contribution >= 4 is 32.8 Å². The number of ether oxygens (including phenoxy) is 1. The molecule has 0 bridgehead atoms. The van der Waals surface area contributed by atoms with Crippen LogP contribution in [0.25, 0.3) is 22.2 Å². The van der Waals surface area contributed by atoms with Crippen LogP contribution in [0.5, 0.6) is 0 Å². The van der Waals surface area contributed by atoms with Crippen LogP contribution in [0.4, 0.5) is 0 Å². The van der Waals surface area contributed by atoms with Gasteiger partial charge in [0.25, 0.3) is 0 Å². The summed E-state index contributed by atoms with van der Waals surface area (Å²) in [5.41, 5.74) is 3.93. The highest BCUT2D eigenvalue weighted by Gasteiger charge is 2.37. The van der Waals surface area contributed by atoms with E-state index in [1.54, 1.807) is 19.2 Å². The number of nitrogens with zero attached hydrogens (tertiary/aromatic N) is 2. The van der Waals surface area contributed by atoms with Crippen molar-refractivity contribution in [2.75, 3.05) is 13.7 Å². The van der Waals surface area contributed by atoms with E-state index >= 15 is 0 Å². The van der Waals surface area contributed by atoms with Crippen molar-refractivity contribution in [1.82, 2.24) is 14.2 Å². The van der Waals surface area contributed by atoms with Crippen LogP contribution in [-0.4, -0.2) is 60.6 Å². The number of aromatic nitrogens is 1. The molecule has 2 heterocycles. The fraction of sp³-hybridized carbons (Fsp3) is 0.467. The molecule has 2 fully saturated rings. The highest BCUT2D eigenvalue weighted by Crippen LogP contribution is 2.32. The Labute approximate surface area is 235 Å². The van der Waals surface area contributed by atoms with Crippen LogP contribution in [0.2, 0.25) is 0 Å². The van der Waals surface area contributed by atoms with Gasteiger partial charge in [0, 0.05) is 49.3 Å². The Bertz CT molecular complexity index is 1490. The molecule has 1 amide bonds. The third-order valence-electron chi connectivity index (χ3n) is 8.36. The van der Waals surface area contributed by atoms with E-state index in [0.29, 0.717) is 45.3 Å². The van der Waals surface area contributed by atoms with Crippen LogP contribution in [0.1, 0.15) is 50.5 Å². The van der Waals surface area contributed by atoms with Gasteiger partial charge in [-0.1, -0.05) is 30.3 Å². The number of sulfonamides is 1. The second kappa shape index (κ2) is 11.7. The van der Waals surface area contributed by atoms with Gasteiger partial charge in [-0.2, -0.15) is 0 Å². The summed E-state index contributed by atoms with van der Waals surface area (Å²) >= 11 is 0. The van der Waals surface area contributed by atoms with Gasteiger partial charge in [-0.3, -0.25) is 4.79 Å². The summed E-state index contributed by atoms with van der Waals surface area (Å²) < 4.78 is 36.7. The summed E-state index contributed by atoms with van der Waals surface area (Å²) in [6.07, 6.45) is 4.28. The van der Waals surface area contributed by atoms with Crippen LogP contribution in [0.3, 0.4) is 0 Å². The molecule has 214 valence electrons. The van der Waals surface area contributed by atoms with E-state index in [9.17, 15) is 23.1 Å². The summed E-state index contributed by atoms with van der Waals surface area (Å²) in [5.74, 6) is -1.31. The summed E-state index contributed by atoms with van der Waals surface area (Å²) in [6.45, 7) is 1.02. The molecule has 2 N–H and O–H groups in total. The Morgan fingerprint density at radius 1 is 1.00 bits per heavy atom. The lowest BCUT2D eigenvalue weighted by atomic mass is 9.84. The monoisotopic (exact) mass is 567 g/mol. The predicted octanol–water partition coefficient (Wildman–Crippen LogP) is 4.29. The Hall–Kier alpha value is -3.21.